The first-order valence-electron chi connectivity index (χ1n) is 6.68. The smallest absolute Gasteiger partial charge is 0.355 e. The number of amides is 3. The minimum Gasteiger partial charge on any atom is -0.451 e. The molecule has 1 aliphatic rings. The van der Waals surface area contributed by atoms with Gasteiger partial charge in [-0.3, -0.25) is 14.4 Å². The minimum absolute atomic E-state index is 0.0585. The van der Waals surface area contributed by atoms with E-state index in [2.05, 4.69) is 15.8 Å². The summed E-state index contributed by atoms with van der Waals surface area (Å²) in [7, 11) is 0. The van der Waals surface area contributed by atoms with Crippen LogP contribution in [0.1, 0.15) is 23.2 Å². The Labute approximate surface area is 130 Å². The molecule has 1 aromatic rings. The Hall–Kier alpha value is -3.23. The van der Waals surface area contributed by atoms with Gasteiger partial charge in [-0.25, -0.2) is 10.2 Å². The zero-order valence-electron chi connectivity index (χ0n) is 12.0. The van der Waals surface area contributed by atoms with Crippen LogP contribution >= 0.6 is 0 Å². The summed E-state index contributed by atoms with van der Waals surface area (Å²) in [5, 5.41) is 6.06. The van der Waals surface area contributed by atoms with E-state index in [1.165, 1.54) is 24.3 Å². The van der Waals surface area contributed by atoms with Gasteiger partial charge < -0.3 is 15.8 Å². The Bertz CT molecular complexity index is 681. The fourth-order valence-corrected chi connectivity index (χ4v) is 1.75. The van der Waals surface area contributed by atoms with Gasteiger partial charge in [0.05, 0.1) is 0 Å². The zero-order valence-corrected chi connectivity index (χ0v) is 12.0. The van der Waals surface area contributed by atoms with Crippen molar-refractivity contribution in [2.24, 2.45) is 10.8 Å². The SMILES string of the molecule is NC(=O)c1ccc(NC(=O)COC(=O)C2=NNC(=O)CC2)cc1. The fraction of sp³-hybridized carbons (Fsp3) is 0.214. The average Bonchev–Trinajstić information content (AvgIpc) is 2.54. The molecule has 1 aromatic carbocycles. The van der Waals surface area contributed by atoms with Crippen LogP contribution in [0.25, 0.3) is 0 Å². The predicted molar refractivity (Wildman–Crippen MR) is 79.4 cm³/mol. The third-order valence-electron chi connectivity index (χ3n) is 2.93. The predicted octanol–water partition coefficient (Wildman–Crippen LogP) is -0.467. The van der Waals surface area contributed by atoms with E-state index in [0.717, 1.165) is 0 Å². The van der Waals surface area contributed by atoms with Crippen LogP contribution in [0.2, 0.25) is 0 Å². The minimum atomic E-state index is -0.760. The quantitative estimate of drug-likeness (QED) is 0.630. The number of anilines is 1. The number of rotatable bonds is 5. The number of benzene rings is 1. The number of nitrogens with one attached hydrogen (secondary N) is 2. The van der Waals surface area contributed by atoms with Gasteiger partial charge in [0.1, 0.15) is 5.71 Å². The van der Waals surface area contributed by atoms with Crippen molar-refractivity contribution in [2.45, 2.75) is 12.8 Å². The number of hydrogen-bond donors (Lipinski definition) is 3. The normalized spacial score (nSPS) is 13.6. The highest BCUT2D eigenvalue weighted by Crippen LogP contribution is 2.09. The van der Waals surface area contributed by atoms with E-state index in [4.69, 9.17) is 10.5 Å². The van der Waals surface area contributed by atoms with Crippen molar-refractivity contribution >= 4 is 35.1 Å². The number of hydrogen-bond acceptors (Lipinski definition) is 6. The number of nitrogens with zero attached hydrogens (tertiary/aromatic N) is 1. The maximum Gasteiger partial charge on any atom is 0.355 e. The van der Waals surface area contributed by atoms with Crippen LogP contribution in [-0.4, -0.2) is 36.0 Å². The van der Waals surface area contributed by atoms with Crippen molar-refractivity contribution in [1.82, 2.24) is 5.43 Å². The second kappa shape index (κ2) is 7.16. The summed E-state index contributed by atoms with van der Waals surface area (Å²) >= 11 is 0. The number of ether oxygens (including phenoxy) is 1. The molecule has 9 nitrogen and oxygen atoms in total. The van der Waals surface area contributed by atoms with Crippen molar-refractivity contribution < 1.29 is 23.9 Å². The molecule has 0 saturated heterocycles. The molecule has 9 heteroatoms. The molecule has 23 heavy (non-hydrogen) atoms. The van der Waals surface area contributed by atoms with Gasteiger partial charge in [0, 0.05) is 24.1 Å². The Kier molecular flexibility index (Phi) is 5.03. The molecule has 0 unspecified atom stereocenters. The lowest BCUT2D eigenvalue weighted by molar-refractivity contribution is -0.140. The fourth-order valence-electron chi connectivity index (χ4n) is 1.75. The number of esters is 1. The second-order valence-corrected chi connectivity index (χ2v) is 4.66. The van der Waals surface area contributed by atoms with Gasteiger partial charge >= 0.3 is 5.97 Å². The lowest BCUT2D eigenvalue weighted by Crippen LogP contribution is -2.32. The molecule has 0 radical (unpaired) electrons. The molecule has 120 valence electrons. The number of carbonyl (C=O) groups excluding carboxylic acids is 4. The molecule has 0 aliphatic carbocycles. The van der Waals surface area contributed by atoms with Gasteiger partial charge in [-0.05, 0) is 24.3 Å². The summed E-state index contributed by atoms with van der Waals surface area (Å²) in [5.41, 5.74) is 8.07. The zero-order chi connectivity index (χ0) is 16.8. The summed E-state index contributed by atoms with van der Waals surface area (Å²) in [4.78, 5) is 45.2. The molecule has 1 heterocycles. The highest BCUT2D eigenvalue weighted by atomic mass is 16.5. The van der Waals surface area contributed by atoms with Crippen molar-refractivity contribution in [3.8, 4) is 0 Å². The third-order valence-corrected chi connectivity index (χ3v) is 2.93. The Morgan fingerprint density at radius 2 is 1.91 bits per heavy atom. The molecule has 1 aliphatic heterocycles. The first-order chi connectivity index (χ1) is 11.0. The molecule has 0 aromatic heterocycles. The molecule has 0 fully saturated rings. The molecule has 0 atom stereocenters. The van der Waals surface area contributed by atoms with Crippen LogP contribution in [0.15, 0.2) is 29.4 Å². The number of hydrazone groups is 1. The summed E-state index contributed by atoms with van der Waals surface area (Å²) in [6.45, 7) is -0.497. The molecule has 2 rings (SSSR count). The van der Waals surface area contributed by atoms with Gasteiger partial charge in [0.15, 0.2) is 6.61 Å². The lowest BCUT2D eigenvalue weighted by atomic mass is 10.2. The van der Waals surface area contributed by atoms with Gasteiger partial charge in [0.2, 0.25) is 11.8 Å². The van der Waals surface area contributed by atoms with Crippen molar-refractivity contribution in [2.75, 3.05) is 11.9 Å². The first-order valence-corrected chi connectivity index (χ1v) is 6.68. The van der Waals surface area contributed by atoms with E-state index < -0.39 is 24.4 Å². The van der Waals surface area contributed by atoms with Gasteiger partial charge in [-0.2, -0.15) is 5.10 Å². The maximum atomic E-state index is 11.7. The van der Waals surface area contributed by atoms with Crippen molar-refractivity contribution in [3.63, 3.8) is 0 Å². The largest absolute Gasteiger partial charge is 0.451 e. The topological polar surface area (TPSA) is 140 Å². The highest BCUT2D eigenvalue weighted by Gasteiger charge is 2.20. The van der Waals surface area contributed by atoms with Crippen LogP contribution < -0.4 is 16.5 Å². The average molecular weight is 318 g/mol. The maximum absolute atomic E-state index is 11.7. The van der Waals surface area contributed by atoms with Crippen LogP contribution in [0, 0.1) is 0 Å². The van der Waals surface area contributed by atoms with Crippen LogP contribution in [0.4, 0.5) is 5.69 Å². The van der Waals surface area contributed by atoms with Crippen LogP contribution in [-0.2, 0) is 19.1 Å². The summed E-state index contributed by atoms with van der Waals surface area (Å²) in [6, 6.07) is 5.92. The van der Waals surface area contributed by atoms with Gasteiger partial charge in [-0.15, -0.1) is 0 Å². The number of nitrogens with two attached hydrogens (primary N) is 1. The molecular formula is C14H14N4O5. The molecule has 4 N–H and O–H groups in total. The lowest BCUT2D eigenvalue weighted by Gasteiger charge is -2.11. The second-order valence-electron chi connectivity index (χ2n) is 4.66. The van der Waals surface area contributed by atoms with Crippen molar-refractivity contribution in [3.05, 3.63) is 29.8 Å². The van der Waals surface area contributed by atoms with Gasteiger partial charge in [-0.1, -0.05) is 0 Å². The molecule has 3 amide bonds. The summed E-state index contributed by atoms with van der Waals surface area (Å²) < 4.78 is 4.81. The van der Waals surface area contributed by atoms with E-state index in [-0.39, 0.29) is 24.5 Å². The monoisotopic (exact) mass is 318 g/mol. The Balaban J connectivity index is 1.82. The Morgan fingerprint density at radius 3 is 2.48 bits per heavy atom. The van der Waals surface area contributed by atoms with E-state index in [9.17, 15) is 19.2 Å². The number of carbonyl (C=O) groups is 4. The van der Waals surface area contributed by atoms with E-state index in [1.807, 2.05) is 0 Å². The standard InChI is InChI=1S/C14H14N4O5/c15-13(21)8-1-3-9(4-2-8)16-12(20)7-23-14(22)10-5-6-11(19)18-17-10/h1-4H,5-7H2,(H2,15,21)(H,16,20)(H,18,19). The molecule has 0 spiro atoms. The summed E-state index contributed by atoms with van der Waals surface area (Å²) in [5.74, 6) is -2.16. The Morgan fingerprint density at radius 1 is 1.22 bits per heavy atom. The van der Waals surface area contributed by atoms with E-state index >= 15 is 0 Å². The van der Waals surface area contributed by atoms with E-state index in [0.29, 0.717) is 11.3 Å². The van der Waals surface area contributed by atoms with Crippen LogP contribution in [0.5, 0.6) is 0 Å². The first kappa shape index (κ1) is 16.1. The van der Waals surface area contributed by atoms with Gasteiger partial charge in [0.25, 0.3) is 5.91 Å². The molecule has 0 bridgehead atoms. The number of primary amides is 1. The van der Waals surface area contributed by atoms with E-state index in [1.54, 1.807) is 0 Å². The molecular weight excluding hydrogens is 304 g/mol. The molecule has 0 saturated carbocycles. The van der Waals surface area contributed by atoms with Crippen molar-refractivity contribution in [1.29, 1.82) is 0 Å². The highest BCUT2D eigenvalue weighted by molar-refractivity contribution is 6.37. The third kappa shape index (κ3) is 4.63. The van der Waals surface area contributed by atoms with Crippen LogP contribution in [0.3, 0.4) is 0 Å². The summed E-state index contributed by atoms with van der Waals surface area (Å²) in [6.07, 6.45) is 0.313.